The van der Waals surface area contributed by atoms with Gasteiger partial charge < -0.3 is 25.0 Å². The highest BCUT2D eigenvalue weighted by molar-refractivity contribution is 5.95. The molecule has 0 radical (unpaired) electrons. The number of fused-ring (bicyclic) bond motifs is 2. The summed E-state index contributed by atoms with van der Waals surface area (Å²) in [5.74, 6) is 2.79. The van der Waals surface area contributed by atoms with Gasteiger partial charge in [-0.25, -0.2) is 4.98 Å². The molecule has 1 amide bonds. The third-order valence-corrected chi connectivity index (χ3v) is 6.04. The molecular weight excluding hydrogens is 406 g/mol. The summed E-state index contributed by atoms with van der Waals surface area (Å²) in [5, 5.41) is 7.71. The fourth-order valence-electron chi connectivity index (χ4n) is 4.34. The van der Waals surface area contributed by atoms with Crippen LogP contribution in [0.15, 0.2) is 42.5 Å². The van der Waals surface area contributed by atoms with Crippen LogP contribution in [0.3, 0.4) is 0 Å². The van der Waals surface area contributed by atoms with Crippen LogP contribution in [0.4, 0.5) is 11.8 Å². The molecule has 166 valence electrons. The first kappa shape index (κ1) is 20.4. The number of carbonyl (C=O) groups is 1. The normalized spacial score (nSPS) is 19.6. The van der Waals surface area contributed by atoms with Gasteiger partial charge >= 0.3 is 0 Å². The minimum Gasteiger partial charge on any atom is -0.454 e. The van der Waals surface area contributed by atoms with E-state index in [-0.39, 0.29) is 24.8 Å². The van der Waals surface area contributed by atoms with E-state index in [4.69, 9.17) is 19.4 Å². The summed E-state index contributed by atoms with van der Waals surface area (Å²) in [6, 6.07) is 13.8. The highest BCUT2D eigenvalue weighted by Crippen LogP contribution is 2.32. The second-order valence-electron chi connectivity index (χ2n) is 8.52. The van der Waals surface area contributed by atoms with Gasteiger partial charge in [0.25, 0.3) is 5.91 Å². The van der Waals surface area contributed by atoms with Gasteiger partial charge in [-0.3, -0.25) is 4.79 Å². The Kier molecular flexibility index (Phi) is 5.43. The van der Waals surface area contributed by atoms with Gasteiger partial charge in [0.05, 0.1) is 5.52 Å². The van der Waals surface area contributed by atoms with Crippen LogP contribution in [0.2, 0.25) is 0 Å². The van der Waals surface area contributed by atoms with Crippen molar-refractivity contribution in [3.63, 3.8) is 0 Å². The van der Waals surface area contributed by atoms with Crippen LogP contribution in [0.25, 0.3) is 10.9 Å². The molecule has 0 bridgehead atoms. The topological polar surface area (TPSA) is 88.6 Å². The quantitative estimate of drug-likeness (QED) is 0.636. The maximum Gasteiger partial charge on any atom is 0.251 e. The van der Waals surface area contributed by atoms with Gasteiger partial charge in [0.1, 0.15) is 5.82 Å². The number of anilines is 2. The summed E-state index contributed by atoms with van der Waals surface area (Å²) in [6.45, 7) is 0.203. The molecule has 2 aliphatic rings. The van der Waals surface area contributed by atoms with Crippen molar-refractivity contribution in [3.05, 3.63) is 48.0 Å². The van der Waals surface area contributed by atoms with Crippen molar-refractivity contribution >= 4 is 28.6 Å². The smallest absolute Gasteiger partial charge is 0.251 e. The number of hydrogen-bond acceptors (Lipinski definition) is 7. The molecule has 2 N–H and O–H groups in total. The second-order valence-corrected chi connectivity index (χ2v) is 8.52. The minimum absolute atomic E-state index is 0.0757. The van der Waals surface area contributed by atoms with E-state index >= 15 is 0 Å². The maximum atomic E-state index is 12.7. The molecule has 5 rings (SSSR count). The Morgan fingerprint density at radius 3 is 2.53 bits per heavy atom. The van der Waals surface area contributed by atoms with E-state index in [2.05, 4.69) is 10.6 Å². The highest BCUT2D eigenvalue weighted by atomic mass is 16.7. The molecule has 0 saturated heterocycles. The van der Waals surface area contributed by atoms with E-state index in [0.29, 0.717) is 23.0 Å². The van der Waals surface area contributed by atoms with Gasteiger partial charge in [0.15, 0.2) is 11.5 Å². The lowest BCUT2D eigenvalue weighted by Gasteiger charge is -2.30. The molecule has 1 aromatic heterocycles. The Morgan fingerprint density at radius 1 is 0.969 bits per heavy atom. The Bertz CT molecular complexity index is 1140. The number of nitrogens with zero attached hydrogens (tertiary/aromatic N) is 3. The number of amides is 1. The predicted octanol–water partition coefficient (Wildman–Crippen LogP) is 3.58. The number of para-hydroxylation sites is 1. The first-order valence-electron chi connectivity index (χ1n) is 11.0. The number of hydrogen-bond donors (Lipinski definition) is 2. The molecule has 1 aliphatic carbocycles. The van der Waals surface area contributed by atoms with Crippen LogP contribution in [0.5, 0.6) is 11.5 Å². The minimum atomic E-state index is -0.0757. The van der Waals surface area contributed by atoms with Crippen LogP contribution in [0.1, 0.15) is 36.0 Å². The molecule has 1 fully saturated rings. The highest BCUT2D eigenvalue weighted by Gasteiger charge is 2.24. The van der Waals surface area contributed by atoms with Crippen LogP contribution < -0.4 is 25.0 Å². The lowest BCUT2D eigenvalue weighted by atomic mass is 9.91. The molecule has 3 aromatic rings. The van der Waals surface area contributed by atoms with Crippen LogP contribution in [-0.4, -0.2) is 48.8 Å². The summed E-state index contributed by atoms with van der Waals surface area (Å²) in [6.07, 6.45) is 3.70. The number of rotatable bonds is 5. The van der Waals surface area contributed by atoms with Crippen molar-refractivity contribution in [3.8, 4) is 11.5 Å². The third-order valence-electron chi connectivity index (χ3n) is 6.04. The summed E-state index contributed by atoms with van der Waals surface area (Å²) < 4.78 is 10.7. The van der Waals surface area contributed by atoms with Crippen molar-refractivity contribution in [2.24, 2.45) is 0 Å². The van der Waals surface area contributed by atoms with Crippen molar-refractivity contribution in [2.45, 2.75) is 37.8 Å². The van der Waals surface area contributed by atoms with Gasteiger partial charge in [0, 0.05) is 37.1 Å². The molecule has 8 heteroatoms. The van der Waals surface area contributed by atoms with E-state index in [1.165, 1.54) is 0 Å². The monoisotopic (exact) mass is 433 g/mol. The van der Waals surface area contributed by atoms with E-state index in [0.717, 1.165) is 42.4 Å². The summed E-state index contributed by atoms with van der Waals surface area (Å²) in [5.41, 5.74) is 1.52. The molecular formula is C24H27N5O3. The van der Waals surface area contributed by atoms with E-state index < -0.39 is 0 Å². The van der Waals surface area contributed by atoms with Gasteiger partial charge in [-0.2, -0.15) is 4.98 Å². The number of benzene rings is 2. The molecule has 32 heavy (non-hydrogen) atoms. The number of aromatic nitrogens is 2. The Balaban J connectivity index is 1.19. The van der Waals surface area contributed by atoms with E-state index in [1.807, 2.05) is 43.3 Å². The van der Waals surface area contributed by atoms with Gasteiger partial charge in [0.2, 0.25) is 12.7 Å². The lowest BCUT2D eigenvalue weighted by Crippen LogP contribution is -2.40. The lowest BCUT2D eigenvalue weighted by molar-refractivity contribution is 0.0926. The summed E-state index contributed by atoms with van der Waals surface area (Å²) in [7, 11) is 3.99. The van der Waals surface area contributed by atoms with E-state index in [9.17, 15) is 4.79 Å². The predicted molar refractivity (Wildman–Crippen MR) is 124 cm³/mol. The molecule has 2 aromatic carbocycles. The largest absolute Gasteiger partial charge is 0.454 e. The van der Waals surface area contributed by atoms with Crippen LogP contribution in [-0.2, 0) is 0 Å². The second kappa shape index (κ2) is 8.53. The molecule has 0 spiro atoms. The van der Waals surface area contributed by atoms with Gasteiger partial charge in [-0.15, -0.1) is 0 Å². The standard InChI is InChI=1S/C24H27N5O3/c1-29(2)22-18-5-3-4-6-19(18)27-24(28-22)26-17-10-8-16(9-11-17)25-23(30)15-7-12-20-21(13-15)32-14-31-20/h3-7,12-13,16-17H,8-11,14H2,1-2H3,(H,25,30)(H,26,27,28). The Morgan fingerprint density at radius 2 is 1.72 bits per heavy atom. The maximum absolute atomic E-state index is 12.7. The van der Waals surface area contributed by atoms with Crippen molar-refractivity contribution in [1.82, 2.24) is 15.3 Å². The molecule has 0 atom stereocenters. The zero-order chi connectivity index (χ0) is 22.1. The molecule has 1 saturated carbocycles. The first-order chi connectivity index (χ1) is 15.6. The van der Waals surface area contributed by atoms with E-state index in [1.54, 1.807) is 18.2 Å². The molecule has 1 aliphatic heterocycles. The first-order valence-corrected chi connectivity index (χ1v) is 11.0. The number of nitrogens with one attached hydrogen (secondary N) is 2. The van der Waals surface area contributed by atoms with Crippen molar-refractivity contribution < 1.29 is 14.3 Å². The number of carbonyl (C=O) groups excluding carboxylic acids is 1. The summed E-state index contributed by atoms with van der Waals surface area (Å²) >= 11 is 0. The zero-order valence-electron chi connectivity index (χ0n) is 18.3. The summed E-state index contributed by atoms with van der Waals surface area (Å²) in [4.78, 5) is 24.1. The van der Waals surface area contributed by atoms with Crippen LogP contribution >= 0.6 is 0 Å². The third kappa shape index (κ3) is 4.12. The molecule has 8 nitrogen and oxygen atoms in total. The Hall–Kier alpha value is -3.55. The molecule has 2 heterocycles. The fraction of sp³-hybridized carbons (Fsp3) is 0.375. The van der Waals surface area contributed by atoms with Crippen molar-refractivity contribution in [2.75, 3.05) is 31.1 Å². The fourth-order valence-corrected chi connectivity index (χ4v) is 4.34. The average molecular weight is 434 g/mol. The Labute approximate surface area is 186 Å². The number of ether oxygens (including phenoxy) is 2. The zero-order valence-corrected chi connectivity index (χ0v) is 18.3. The SMILES string of the molecule is CN(C)c1nc(NC2CCC(NC(=O)c3ccc4c(c3)OCO4)CC2)nc2ccccc12. The van der Waals surface area contributed by atoms with Crippen molar-refractivity contribution in [1.29, 1.82) is 0 Å². The molecule has 0 unspecified atom stereocenters. The average Bonchev–Trinajstić information content (AvgIpc) is 3.27. The van der Waals surface area contributed by atoms with Gasteiger partial charge in [-0.1, -0.05) is 12.1 Å². The van der Waals surface area contributed by atoms with Crippen LogP contribution in [0, 0.1) is 0 Å². The van der Waals surface area contributed by atoms with Gasteiger partial charge in [-0.05, 0) is 56.0 Å².